The average Bonchev–Trinajstić information content (AvgIpc) is 2.39. The molecule has 19 heavy (non-hydrogen) atoms. The number of hydrogen-bond acceptors (Lipinski definition) is 2. The van der Waals surface area contributed by atoms with Crippen molar-refractivity contribution in [2.45, 2.75) is 27.3 Å². The smallest absolute Gasteiger partial charge is 0.134 e. The van der Waals surface area contributed by atoms with Crippen LogP contribution in [-0.2, 0) is 6.54 Å². The molecule has 0 saturated carbocycles. The Bertz CT molecular complexity index is 608. The van der Waals surface area contributed by atoms with Crippen LogP contribution in [0.1, 0.15) is 22.3 Å². The van der Waals surface area contributed by atoms with Gasteiger partial charge in [-0.3, -0.25) is 0 Å². The number of halogens is 1. The average molecular weight is 259 g/mol. The Balaban J connectivity index is 2.48. The Hall–Kier alpha value is -1.87. The molecule has 2 aromatic rings. The molecule has 2 aromatic carbocycles. The van der Waals surface area contributed by atoms with Gasteiger partial charge in [-0.15, -0.1) is 0 Å². The van der Waals surface area contributed by atoms with Crippen molar-refractivity contribution in [1.29, 1.82) is 0 Å². The summed E-state index contributed by atoms with van der Waals surface area (Å²) in [5.74, 6) is 0.933. The predicted octanol–water partition coefficient (Wildman–Crippen LogP) is 4.00. The van der Waals surface area contributed by atoms with Crippen molar-refractivity contribution in [3.63, 3.8) is 0 Å². The lowest BCUT2D eigenvalue weighted by Gasteiger charge is -2.16. The molecule has 0 atom stereocenters. The van der Waals surface area contributed by atoms with Crippen LogP contribution in [0.25, 0.3) is 0 Å². The van der Waals surface area contributed by atoms with Crippen LogP contribution in [0.4, 0.5) is 4.39 Å². The van der Waals surface area contributed by atoms with Crippen molar-refractivity contribution >= 4 is 0 Å². The first-order chi connectivity index (χ1) is 9.04. The summed E-state index contributed by atoms with van der Waals surface area (Å²) in [7, 11) is 0. The van der Waals surface area contributed by atoms with Gasteiger partial charge < -0.3 is 10.5 Å². The Morgan fingerprint density at radius 2 is 1.74 bits per heavy atom. The van der Waals surface area contributed by atoms with Gasteiger partial charge in [-0.1, -0.05) is 18.2 Å². The maximum Gasteiger partial charge on any atom is 0.134 e. The van der Waals surface area contributed by atoms with Gasteiger partial charge in [-0.05, 0) is 49.6 Å². The molecule has 2 rings (SSSR count). The normalized spacial score (nSPS) is 10.6. The number of ether oxygens (including phenoxy) is 1. The Kier molecular flexibility index (Phi) is 3.86. The number of nitrogens with two attached hydrogens (primary N) is 1. The lowest BCUT2D eigenvalue weighted by atomic mass is 10.1. The molecule has 0 amide bonds. The van der Waals surface area contributed by atoms with E-state index in [9.17, 15) is 4.39 Å². The van der Waals surface area contributed by atoms with E-state index in [4.69, 9.17) is 10.5 Å². The minimum absolute atomic E-state index is 0.117. The summed E-state index contributed by atoms with van der Waals surface area (Å²) in [4.78, 5) is 0. The van der Waals surface area contributed by atoms with Crippen molar-refractivity contribution in [3.8, 4) is 11.5 Å². The number of benzene rings is 2. The molecular formula is C16H18FNO. The van der Waals surface area contributed by atoms with E-state index in [0.29, 0.717) is 11.3 Å². The summed E-state index contributed by atoms with van der Waals surface area (Å²) in [6.45, 7) is 6.12. The van der Waals surface area contributed by atoms with Gasteiger partial charge in [0.1, 0.15) is 17.3 Å². The van der Waals surface area contributed by atoms with E-state index in [1.54, 1.807) is 12.1 Å². The van der Waals surface area contributed by atoms with E-state index in [-0.39, 0.29) is 12.4 Å². The number of rotatable bonds is 3. The SMILES string of the molecule is Cc1ccc(C)c(Oc2cccc(F)c2CN)c1C. The zero-order chi connectivity index (χ0) is 14.0. The van der Waals surface area contributed by atoms with Gasteiger partial charge in [-0.2, -0.15) is 0 Å². The fraction of sp³-hybridized carbons (Fsp3) is 0.250. The Morgan fingerprint density at radius 1 is 1.05 bits per heavy atom. The first-order valence-electron chi connectivity index (χ1n) is 6.26. The fourth-order valence-corrected chi connectivity index (χ4v) is 2.03. The highest BCUT2D eigenvalue weighted by molar-refractivity contribution is 5.48. The van der Waals surface area contributed by atoms with E-state index < -0.39 is 0 Å². The first kappa shape index (κ1) is 13.6. The second-order valence-electron chi connectivity index (χ2n) is 4.68. The van der Waals surface area contributed by atoms with Gasteiger partial charge in [0.05, 0.1) is 0 Å². The molecule has 0 bridgehead atoms. The van der Waals surface area contributed by atoms with Gasteiger partial charge >= 0.3 is 0 Å². The van der Waals surface area contributed by atoms with Crippen molar-refractivity contribution in [1.82, 2.24) is 0 Å². The van der Waals surface area contributed by atoms with Gasteiger partial charge in [-0.25, -0.2) is 4.39 Å². The summed E-state index contributed by atoms with van der Waals surface area (Å²) < 4.78 is 19.6. The van der Waals surface area contributed by atoms with Crippen LogP contribution in [0.3, 0.4) is 0 Å². The topological polar surface area (TPSA) is 35.2 Å². The molecule has 0 fully saturated rings. The highest BCUT2D eigenvalue weighted by atomic mass is 19.1. The standard InChI is InChI=1S/C16H18FNO/c1-10-7-8-11(2)16(12(10)3)19-15-6-4-5-14(17)13(15)9-18/h4-8H,9,18H2,1-3H3. The molecule has 2 nitrogen and oxygen atoms in total. The first-order valence-corrected chi connectivity index (χ1v) is 6.26. The number of aryl methyl sites for hydroxylation is 2. The minimum Gasteiger partial charge on any atom is -0.456 e. The second kappa shape index (κ2) is 5.41. The molecule has 0 unspecified atom stereocenters. The molecule has 0 aromatic heterocycles. The molecule has 2 N–H and O–H groups in total. The Labute approximate surface area is 113 Å². The van der Waals surface area contributed by atoms with Gasteiger partial charge in [0.15, 0.2) is 0 Å². The molecule has 0 spiro atoms. The van der Waals surface area contributed by atoms with Gasteiger partial charge in [0, 0.05) is 12.1 Å². The van der Waals surface area contributed by atoms with Crippen LogP contribution >= 0.6 is 0 Å². The van der Waals surface area contributed by atoms with Crippen LogP contribution in [0.15, 0.2) is 30.3 Å². The quantitative estimate of drug-likeness (QED) is 0.904. The largest absolute Gasteiger partial charge is 0.456 e. The molecule has 0 heterocycles. The molecule has 0 aliphatic carbocycles. The summed E-state index contributed by atoms with van der Waals surface area (Å²) >= 11 is 0. The van der Waals surface area contributed by atoms with Crippen molar-refractivity contribution in [2.24, 2.45) is 5.73 Å². The van der Waals surface area contributed by atoms with E-state index in [1.807, 2.05) is 32.9 Å². The fourth-order valence-electron chi connectivity index (χ4n) is 2.03. The third-order valence-electron chi connectivity index (χ3n) is 3.37. The molecule has 0 saturated heterocycles. The van der Waals surface area contributed by atoms with E-state index in [0.717, 1.165) is 22.4 Å². The molecule has 3 heteroatoms. The molecular weight excluding hydrogens is 241 g/mol. The van der Waals surface area contributed by atoms with E-state index in [2.05, 4.69) is 0 Å². The molecule has 0 aliphatic heterocycles. The molecule has 100 valence electrons. The van der Waals surface area contributed by atoms with E-state index in [1.165, 1.54) is 6.07 Å². The van der Waals surface area contributed by atoms with Gasteiger partial charge in [0.2, 0.25) is 0 Å². The zero-order valence-electron chi connectivity index (χ0n) is 11.5. The minimum atomic E-state index is -0.331. The third kappa shape index (κ3) is 2.61. The lowest BCUT2D eigenvalue weighted by molar-refractivity contribution is 0.460. The predicted molar refractivity (Wildman–Crippen MR) is 75.0 cm³/mol. The highest BCUT2D eigenvalue weighted by Gasteiger charge is 2.12. The Morgan fingerprint density at radius 3 is 2.42 bits per heavy atom. The summed E-state index contributed by atoms with van der Waals surface area (Å²) in [6.07, 6.45) is 0. The monoisotopic (exact) mass is 259 g/mol. The zero-order valence-corrected chi connectivity index (χ0v) is 11.5. The van der Waals surface area contributed by atoms with Crippen LogP contribution < -0.4 is 10.5 Å². The van der Waals surface area contributed by atoms with E-state index >= 15 is 0 Å². The van der Waals surface area contributed by atoms with Crippen LogP contribution in [0.2, 0.25) is 0 Å². The van der Waals surface area contributed by atoms with Crippen LogP contribution in [0.5, 0.6) is 11.5 Å². The van der Waals surface area contributed by atoms with Gasteiger partial charge in [0.25, 0.3) is 0 Å². The molecule has 0 radical (unpaired) electrons. The maximum atomic E-state index is 13.7. The summed E-state index contributed by atoms with van der Waals surface area (Å²) in [5.41, 5.74) is 9.23. The van der Waals surface area contributed by atoms with Crippen molar-refractivity contribution in [3.05, 3.63) is 58.4 Å². The van der Waals surface area contributed by atoms with Crippen LogP contribution in [-0.4, -0.2) is 0 Å². The van der Waals surface area contributed by atoms with Crippen molar-refractivity contribution < 1.29 is 9.13 Å². The summed E-state index contributed by atoms with van der Waals surface area (Å²) in [5, 5.41) is 0. The summed E-state index contributed by atoms with van der Waals surface area (Å²) in [6, 6.07) is 8.81. The maximum absolute atomic E-state index is 13.7. The lowest BCUT2D eigenvalue weighted by Crippen LogP contribution is -2.03. The number of hydrogen-bond donors (Lipinski definition) is 1. The molecule has 0 aliphatic rings. The van der Waals surface area contributed by atoms with Crippen molar-refractivity contribution in [2.75, 3.05) is 0 Å². The second-order valence-corrected chi connectivity index (χ2v) is 4.68. The highest BCUT2D eigenvalue weighted by Crippen LogP contribution is 2.33. The van der Waals surface area contributed by atoms with Crippen LogP contribution in [0, 0.1) is 26.6 Å². The third-order valence-corrected chi connectivity index (χ3v) is 3.37.